The molecule has 1 aromatic rings. The smallest absolute Gasteiger partial charge is 0.0829 e. The first-order chi connectivity index (χ1) is 4.93. The lowest BCUT2D eigenvalue weighted by atomic mass is 10.5. The van der Waals surface area contributed by atoms with Crippen LogP contribution in [0.5, 0.6) is 0 Å². The van der Waals surface area contributed by atoms with Crippen LogP contribution in [-0.4, -0.2) is 11.7 Å². The van der Waals surface area contributed by atoms with Crippen molar-refractivity contribution < 1.29 is 0 Å². The van der Waals surface area contributed by atoms with Crippen LogP contribution in [-0.2, 0) is 0 Å². The molecule has 0 fully saturated rings. The van der Waals surface area contributed by atoms with Gasteiger partial charge in [0.2, 0.25) is 0 Å². The minimum atomic E-state index is 1.12. The van der Waals surface area contributed by atoms with Crippen molar-refractivity contribution in [2.45, 2.75) is 0 Å². The summed E-state index contributed by atoms with van der Waals surface area (Å²) in [7, 11) is 0. The average molecular weight is 170 g/mol. The molecule has 0 aliphatic heterocycles. The van der Waals surface area contributed by atoms with Crippen LogP contribution in [0.15, 0.2) is 22.6 Å². The molecule has 1 heterocycles. The Morgan fingerprint density at radius 2 is 2.60 bits per heavy atom. The minimum absolute atomic E-state index is 1.12. The molecule has 0 atom stereocenters. The molecule has 0 bridgehead atoms. The number of thiophene rings is 1. The second-order valence-corrected chi connectivity index (χ2v) is 2.74. The molecule has 0 radical (unpaired) electrons. The highest BCUT2D eigenvalue weighted by molar-refractivity contribution is 7.78. The second-order valence-electron chi connectivity index (χ2n) is 1.52. The topological polar surface area (TPSA) is 24.4 Å². The first-order valence-corrected chi connectivity index (χ1v) is 4.04. The maximum absolute atomic E-state index is 4.50. The number of hydrogen-bond donors (Lipinski definition) is 1. The van der Waals surface area contributed by atoms with Crippen LogP contribution in [0.2, 0.25) is 0 Å². The molecule has 1 rings (SSSR count). The van der Waals surface area contributed by atoms with E-state index in [2.05, 4.69) is 22.7 Å². The molecule has 0 saturated heterocycles. The molecule has 0 amide bonds. The van der Waals surface area contributed by atoms with E-state index in [4.69, 9.17) is 0 Å². The van der Waals surface area contributed by atoms with Crippen molar-refractivity contribution in [3.05, 3.63) is 22.4 Å². The third-order valence-corrected chi connectivity index (χ3v) is 1.77. The number of hydrogen-bond acceptors (Lipinski definition) is 3. The van der Waals surface area contributed by atoms with E-state index >= 15 is 0 Å². The van der Waals surface area contributed by atoms with E-state index in [0.717, 1.165) is 4.88 Å². The van der Waals surface area contributed by atoms with Crippen LogP contribution in [0, 0.1) is 0 Å². The summed E-state index contributed by atoms with van der Waals surface area (Å²) in [4.78, 5) is 1.12. The summed E-state index contributed by atoms with van der Waals surface area (Å²) >= 11 is 6.14. The highest BCUT2D eigenvalue weighted by Crippen LogP contribution is 2.03. The predicted octanol–water partition coefficient (Wildman–Crippen LogP) is 1.63. The first-order valence-electron chi connectivity index (χ1n) is 2.69. The van der Waals surface area contributed by atoms with Crippen molar-refractivity contribution >= 4 is 35.3 Å². The Hall–Kier alpha value is -0.740. The molecule has 0 saturated carbocycles. The average Bonchev–Trinajstić information content (AvgIpc) is 2.41. The Balaban J connectivity index is 2.47. The van der Waals surface area contributed by atoms with Crippen LogP contribution in [0.1, 0.15) is 4.88 Å². The van der Waals surface area contributed by atoms with E-state index < -0.39 is 0 Å². The zero-order valence-corrected chi connectivity index (χ0v) is 6.78. The van der Waals surface area contributed by atoms with Crippen molar-refractivity contribution in [3.63, 3.8) is 0 Å². The number of rotatable bonds is 3. The monoisotopic (exact) mass is 170 g/mol. The van der Waals surface area contributed by atoms with Crippen molar-refractivity contribution in [2.75, 3.05) is 0 Å². The van der Waals surface area contributed by atoms with Crippen molar-refractivity contribution in [3.8, 4) is 0 Å². The fraction of sp³-hybridized carbons (Fsp3) is 0. The molecular formula is C6H6N2S2. The number of nitrogens with one attached hydrogen (secondary N) is 1. The maximum atomic E-state index is 4.50. The number of thiocarbonyl (C=S) groups is 1. The van der Waals surface area contributed by atoms with Gasteiger partial charge in [-0.25, -0.2) is 0 Å². The first kappa shape index (κ1) is 7.37. The van der Waals surface area contributed by atoms with E-state index in [9.17, 15) is 0 Å². The van der Waals surface area contributed by atoms with Gasteiger partial charge < -0.3 is 0 Å². The summed E-state index contributed by atoms with van der Waals surface area (Å²) < 4.78 is 0. The SMILES string of the molecule is S=CNN=Cc1cccs1. The van der Waals surface area contributed by atoms with Gasteiger partial charge in [0.1, 0.15) is 0 Å². The summed E-state index contributed by atoms with van der Waals surface area (Å²) in [6, 6.07) is 3.96. The predicted molar refractivity (Wildman–Crippen MR) is 48.7 cm³/mol. The molecule has 0 unspecified atom stereocenters. The Labute approximate surface area is 68.6 Å². The summed E-state index contributed by atoms with van der Waals surface area (Å²) in [6.07, 6.45) is 1.73. The Morgan fingerprint density at radius 1 is 1.70 bits per heavy atom. The lowest BCUT2D eigenvalue weighted by Crippen LogP contribution is -1.97. The minimum Gasteiger partial charge on any atom is -0.275 e. The van der Waals surface area contributed by atoms with Crippen molar-refractivity contribution in [1.29, 1.82) is 0 Å². The molecule has 1 aromatic heterocycles. The number of nitrogens with zero attached hydrogens (tertiary/aromatic N) is 1. The summed E-state index contributed by atoms with van der Waals surface area (Å²) in [5.74, 6) is 0. The van der Waals surface area contributed by atoms with Crippen LogP contribution >= 0.6 is 23.6 Å². The standard InChI is InChI=1S/C6H6N2S2/c9-5-8-7-4-6-2-1-3-10-6/h1-5H,(H,8,9). The van der Waals surface area contributed by atoms with Crippen LogP contribution < -0.4 is 5.43 Å². The molecule has 0 aliphatic rings. The molecule has 0 aliphatic carbocycles. The van der Waals surface area contributed by atoms with E-state index in [-0.39, 0.29) is 0 Å². The Kier molecular flexibility index (Phi) is 3.05. The highest BCUT2D eigenvalue weighted by atomic mass is 32.1. The quantitative estimate of drug-likeness (QED) is 0.423. The van der Waals surface area contributed by atoms with E-state index in [1.54, 1.807) is 17.6 Å². The Bertz CT molecular complexity index is 216. The molecule has 0 aromatic carbocycles. The largest absolute Gasteiger partial charge is 0.275 e. The highest BCUT2D eigenvalue weighted by Gasteiger charge is 1.83. The lowest BCUT2D eigenvalue weighted by Gasteiger charge is -1.83. The Morgan fingerprint density at radius 3 is 3.20 bits per heavy atom. The maximum Gasteiger partial charge on any atom is 0.0829 e. The van der Waals surface area contributed by atoms with Crippen molar-refractivity contribution in [1.82, 2.24) is 5.43 Å². The van der Waals surface area contributed by atoms with Gasteiger partial charge in [0, 0.05) is 4.88 Å². The van der Waals surface area contributed by atoms with E-state index in [1.807, 2.05) is 17.5 Å². The van der Waals surface area contributed by atoms with Gasteiger partial charge in [0.15, 0.2) is 0 Å². The van der Waals surface area contributed by atoms with Crippen LogP contribution in [0.4, 0.5) is 0 Å². The van der Waals surface area contributed by atoms with Crippen LogP contribution in [0.3, 0.4) is 0 Å². The second kappa shape index (κ2) is 4.14. The lowest BCUT2D eigenvalue weighted by molar-refractivity contribution is 1.08. The molecule has 2 nitrogen and oxygen atoms in total. The van der Waals surface area contributed by atoms with Gasteiger partial charge in [-0.2, -0.15) is 5.10 Å². The van der Waals surface area contributed by atoms with Gasteiger partial charge in [-0.1, -0.05) is 18.3 Å². The van der Waals surface area contributed by atoms with Crippen molar-refractivity contribution in [2.24, 2.45) is 5.10 Å². The third kappa shape index (κ3) is 2.24. The van der Waals surface area contributed by atoms with Gasteiger partial charge in [-0.3, -0.25) is 5.43 Å². The molecule has 1 N–H and O–H groups in total. The van der Waals surface area contributed by atoms with Gasteiger partial charge in [0.05, 0.1) is 11.7 Å². The zero-order chi connectivity index (χ0) is 7.23. The fourth-order valence-corrected chi connectivity index (χ4v) is 1.14. The van der Waals surface area contributed by atoms with E-state index in [1.165, 1.54) is 5.49 Å². The van der Waals surface area contributed by atoms with Gasteiger partial charge in [0.25, 0.3) is 0 Å². The van der Waals surface area contributed by atoms with E-state index in [0.29, 0.717) is 0 Å². The summed E-state index contributed by atoms with van der Waals surface area (Å²) in [5, 5.41) is 5.81. The van der Waals surface area contributed by atoms with Gasteiger partial charge >= 0.3 is 0 Å². The third-order valence-electron chi connectivity index (χ3n) is 0.862. The van der Waals surface area contributed by atoms with Gasteiger partial charge in [-0.05, 0) is 11.4 Å². The molecule has 52 valence electrons. The zero-order valence-electron chi connectivity index (χ0n) is 5.15. The molecule has 4 heteroatoms. The fourth-order valence-electron chi connectivity index (χ4n) is 0.496. The molecule has 10 heavy (non-hydrogen) atoms. The van der Waals surface area contributed by atoms with Crippen LogP contribution in [0.25, 0.3) is 0 Å². The molecular weight excluding hydrogens is 164 g/mol. The normalized spacial score (nSPS) is 10.0. The summed E-state index contributed by atoms with van der Waals surface area (Å²) in [6.45, 7) is 0. The number of hydrazone groups is 1. The molecule has 0 spiro atoms. The van der Waals surface area contributed by atoms with Gasteiger partial charge in [-0.15, -0.1) is 11.3 Å². The summed E-state index contributed by atoms with van der Waals surface area (Å²) in [5.41, 5.74) is 3.92.